The molecule has 0 heterocycles. The first-order valence-electron chi connectivity index (χ1n) is 5.51. The van der Waals surface area contributed by atoms with Crippen LogP contribution in [-0.4, -0.2) is 13.8 Å². The lowest BCUT2D eigenvalue weighted by molar-refractivity contribution is 0.309. The van der Waals surface area contributed by atoms with Gasteiger partial charge in [0.05, 0.1) is 13.8 Å². The van der Waals surface area contributed by atoms with Crippen molar-refractivity contribution >= 4 is 0 Å². The number of methoxy groups -OCH3 is 1. The summed E-state index contributed by atoms with van der Waals surface area (Å²) in [6.45, 7) is -0.237. The largest absolute Gasteiger partial charge is 0.497 e. The molecule has 0 aliphatic heterocycles. The van der Waals surface area contributed by atoms with Gasteiger partial charge in [-0.25, -0.2) is 0 Å². The molecule has 0 amide bonds. The summed E-state index contributed by atoms with van der Waals surface area (Å²) in [5, 5.41) is 0. The van der Waals surface area contributed by atoms with Gasteiger partial charge in [-0.2, -0.15) is 0 Å². The Morgan fingerprint density at radius 3 is 2.27 bits per heavy atom. The third kappa shape index (κ3) is 1.85. The Bertz CT molecular complexity index is 312. The van der Waals surface area contributed by atoms with Crippen molar-refractivity contribution in [1.82, 2.24) is 0 Å². The number of rotatable bonds is 3. The summed E-state index contributed by atoms with van der Waals surface area (Å²) in [7, 11) is 1.65. The van der Waals surface area contributed by atoms with Crippen LogP contribution in [0, 0.1) is 0 Å². The van der Waals surface area contributed by atoms with Gasteiger partial charge in [0.1, 0.15) is 5.75 Å². The second kappa shape index (κ2) is 4.21. The summed E-state index contributed by atoms with van der Waals surface area (Å²) in [5.74, 6) is 0.839. The van der Waals surface area contributed by atoms with Gasteiger partial charge < -0.3 is 4.74 Å². The molecule has 0 bridgehead atoms. The van der Waals surface area contributed by atoms with Gasteiger partial charge in [0, 0.05) is 5.41 Å². The van der Waals surface area contributed by atoms with E-state index >= 15 is 0 Å². The van der Waals surface area contributed by atoms with Crippen molar-refractivity contribution in [3.05, 3.63) is 29.8 Å². The number of hydrogen-bond acceptors (Lipinski definition) is 1. The number of ether oxygens (including phenoxy) is 1. The number of alkyl halides is 1. The maximum atomic E-state index is 13.2. The van der Waals surface area contributed by atoms with E-state index in [1.165, 1.54) is 0 Å². The van der Waals surface area contributed by atoms with Crippen LogP contribution in [-0.2, 0) is 5.41 Å². The van der Waals surface area contributed by atoms with Crippen LogP contribution in [0.2, 0.25) is 0 Å². The summed E-state index contributed by atoms with van der Waals surface area (Å²) in [6, 6.07) is 7.85. The zero-order valence-electron chi connectivity index (χ0n) is 9.13. The minimum Gasteiger partial charge on any atom is -0.497 e. The van der Waals surface area contributed by atoms with E-state index in [1.807, 2.05) is 24.3 Å². The number of benzene rings is 1. The van der Waals surface area contributed by atoms with Crippen molar-refractivity contribution in [1.29, 1.82) is 0 Å². The van der Waals surface area contributed by atoms with Gasteiger partial charge in [-0.15, -0.1) is 0 Å². The Kier molecular flexibility index (Phi) is 2.94. The van der Waals surface area contributed by atoms with Gasteiger partial charge in [0.2, 0.25) is 0 Å². The van der Waals surface area contributed by atoms with Gasteiger partial charge in [0.25, 0.3) is 0 Å². The van der Waals surface area contributed by atoms with E-state index in [1.54, 1.807) is 7.11 Å². The van der Waals surface area contributed by atoms with Crippen molar-refractivity contribution in [2.45, 2.75) is 31.1 Å². The lowest BCUT2D eigenvalue weighted by Gasteiger charge is -2.26. The monoisotopic (exact) mass is 208 g/mol. The average Bonchev–Trinajstić information content (AvgIpc) is 2.79. The van der Waals surface area contributed by atoms with Gasteiger partial charge >= 0.3 is 0 Å². The highest BCUT2D eigenvalue weighted by Crippen LogP contribution is 2.41. The number of hydrogen-bond donors (Lipinski definition) is 0. The van der Waals surface area contributed by atoms with E-state index in [-0.39, 0.29) is 12.1 Å². The minimum atomic E-state index is -0.237. The van der Waals surface area contributed by atoms with Crippen molar-refractivity contribution in [2.75, 3.05) is 13.8 Å². The molecule has 15 heavy (non-hydrogen) atoms. The van der Waals surface area contributed by atoms with Crippen LogP contribution in [0.5, 0.6) is 5.75 Å². The van der Waals surface area contributed by atoms with Crippen molar-refractivity contribution in [3.8, 4) is 5.75 Å². The summed E-state index contributed by atoms with van der Waals surface area (Å²) in [6.07, 6.45) is 4.26. The number of halogens is 1. The Morgan fingerprint density at radius 1 is 1.20 bits per heavy atom. The first kappa shape index (κ1) is 10.5. The summed E-state index contributed by atoms with van der Waals surface area (Å²) < 4.78 is 18.3. The zero-order chi connectivity index (χ0) is 10.7. The summed E-state index contributed by atoms with van der Waals surface area (Å²) >= 11 is 0. The minimum absolute atomic E-state index is 0.202. The highest BCUT2D eigenvalue weighted by molar-refractivity contribution is 5.33. The van der Waals surface area contributed by atoms with Crippen LogP contribution in [0.3, 0.4) is 0 Å². The van der Waals surface area contributed by atoms with Crippen LogP contribution in [0.4, 0.5) is 4.39 Å². The molecule has 1 aliphatic rings. The Labute approximate surface area is 90.3 Å². The zero-order valence-corrected chi connectivity index (χ0v) is 9.13. The van der Waals surface area contributed by atoms with E-state index in [0.717, 1.165) is 37.0 Å². The van der Waals surface area contributed by atoms with Crippen LogP contribution in [0.1, 0.15) is 31.2 Å². The van der Waals surface area contributed by atoms with Crippen LogP contribution in [0.15, 0.2) is 24.3 Å². The van der Waals surface area contributed by atoms with E-state index in [2.05, 4.69) is 0 Å². The SMILES string of the molecule is COc1ccc(C2(CF)CCCC2)cc1. The van der Waals surface area contributed by atoms with E-state index in [4.69, 9.17) is 4.74 Å². The summed E-state index contributed by atoms with van der Waals surface area (Å²) in [4.78, 5) is 0. The fraction of sp³-hybridized carbons (Fsp3) is 0.538. The molecule has 1 nitrogen and oxygen atoms in total. The van der Waals surface area contributed by atoms with Gasteiger partial charge in [0.15, 0.2) is 0 Å². The van der Waals surface area contributed by atoms with Gasteiger partial charge in [-0.05, 0) is 30.5 Å². The van der Waals surface area contributed by atoms with E-state index < -0.39 is 0 Å². The van der Waals surface area contributed by atoms with Crippen LogP contribution >= 0.6 is 0 Å². The standard InChI is InChI=1S/C13H17FO/c1-15-12-6-4-11(5-7-12)13(10-14)8-2-3-9-13/h4-7H,2-3,8-10H2,1H3. The lowest BCUT2D eigenvalue weighted by atomic mass is 9.80. The third-order valence-electron chi connectivity index (χ3n) is 3.52. The Hall–Kier alpha value is -1.05. The fourth-order valence-corrected chi connectivity index (χ4v) is 2.50. The van der Waals surface area contributed by atoms with Crippen molar-refractivity contribution in [3.63, 3.8) is 0 Å². The highest BCUT2D eigenvalue weighted by atomic mass is 19.1. The fourth-order valence-electron chi connectivity index (χ4n) is 2.50. The first-order valence-corrected chi connectivity index (χ1v) is 5.51. The molecule has 2 rings (SSSR count). The maximum Gasteiger partial charge on any atom is 0.118 e. The molecule has 1 saturated carbocycles. The molecule has 2 heteroatoms. The predicted molar refractivity (Wildman–Crippen MR) is 59.1 cm³/mol. The predicted octanol–water partition coefficient (Wildman–Crippen LogP) is 3.48. The van der Waals surface area contributed by atoms with E-state index in [9.17, 15) is 4.39 Å². The molecular formula is C13H17FO. The first-order chi connectivity index (χ1) is 7.30. The molecule has 0 N–H and O–H groups in total. The van der Waals surface area contributed by atoms with Gasteiger partial charge in [-0.1, -0.05) is 25.0 Å². The normalized spacial score (nSPS) is 19.1. The Balaban J connectivity index is 2.26. The molecule has 0 radical (unpaired) electrons. The molecular weight excluding hydrogens is 191 g/mol. The third-order valence-corrected chi connectivity index (χ3v) is 3.52. The summed E-state index contributed by atoms with van der Waals surface area (Å²) in [5.41, 5.74) is 0.926. The highest BCUT2D eigenvalue weighted by Gasteiger charge is 2.35. The quantitative estimate of drug-likeness (QED) is 0.739. The molecule has 0 saturated heterocycles. The molecule has 0 atom stereocenters. The molecule has 1 fully saturated rings. The molecule has 1 aliphatic carbocycles. The van der Waals surface area contributed by atoms with Crippen molar-refractivity contribution < 1.29 is 9.13 Å². The molecule has 0 unspecified atom stereocenters. The smallest absolute Gasteiger partial charge is 0.118 e. The van der Waals surface area contributed by atoms with Crippen LogP contribution < -0.4 is 4.74 Å². The lowest BCUT2D eigenvalue weighted by Crippen LogP contribution is -2.24. The second-order valence-corrected chi connectivity index (χ2v) is 4.35. The Morgan fingerprint density at radius 2 is 1.80 bits per heavy atom. The second-order valence-electron chi connectivity index (χ2n) is 4.35. The topological polar surface area (TPSA) is 9.23 Å². The van der Waals surface area contributed by atoms with Crippen molar-refractivity contribution in [2.24, 2.45) is 0 Å². The maximum absolute atomic E-state index is 13.2. The van der Waals surface area contributed by atoms with Crippen LogP contribution in [0.25, 0.3) is 0 Å². The molecule has 82 valence electrons. The molecule has 1 aromatic rings. The molecule has 1 aromatic carbocycles. The van der Waals surface area contributed by atoms with E-state index in [0.29, 0.717) is 0 Å². The average molecular weight is 208 g/mol. The van der Waals surface area contributed by atoms with Gasteiger partial charge in [-0.3, -0.25) is 4.39 Å². The molecule has 0 aromatic heterocycles. The molecule has 0 spiro atoms.